The van der Waals surface area contributed by atoms with Crippen LogP contribution in [0.1, 0.15) is 53.4 Å². The molecule has 1 aliphatic rings. The van der Waals surface area contributed by atoms with Gasteiger partial charge in [0.25, 0.3) is 0 Å². The molecule has 17 heavy (non-hydrogen) atoms. The highest BCUT2D eigenvalue weighted by atomic mass is 16.2. The molecule has 0 bridgehead atoms. The van der Waals surface area contributed by atoms with Crippen molar-refractivity contribution in [2.45, 2.75) is 71.5 Å². The Hall–Kier alpha value is -0.900. The summed E-state index contributed by atoms with van der Waals surface area (Å²) in [5, 5.41) is 3.23. The van der Waals surface area contributed by atoms with Crippen LogP contribution >= 0.6 is 0 Å². The zero-order valence-electron chi connectivity index (χ0n) is 11.3. The van der Waals surface area contributed by atoms with Crippen molar-refractivity contribution >= 4 is 11.8 Å². The van der Waals surface area contributed by atoms with Crippen LogP contribution in [0.3, 0.4) is 0 Å². The normalized spacial score (nSPS) is 22.6. The molecule has 98 valence electrons. The van der Waals surface area contributed by atoms with Gasteiger partial charge in [0.15, 0.2) is 0 Å². The first-order chi connectivity index (χ1) is 8.04. The van der Waals surface area contributed by atoms with Crippen LogP contribution in [0.2, 0.25) is 0 Å². The first kappa shape index (κ1) is 14.2. The predicted molar refractivity (Wildman–Crippen MR) is 67.5 cm³/mol. The summed E-state index contributed by atoms with van der Waals surface area (Å²) < 4.78 is 0. The topological polar surface area (TPSA) is 49.4 Å². The Morgan fingerprint density at radius 1 is 1.24 bits per heavy atom. The van der Waals surface area contributed by atoms with Crippen molar-refractivity contribution in [3.05, 3.63) is 0 Å². The summed E-state index contributed by atoms with van der Waals surface area (Å²) in [5.41, 5.74) is 0. The SMILES string of the molecule is CCC(C)NC1CC(=O)N(C(CC)CC)C1=O. The lowest BCUT2D eigenvalue weighted by Gasteiger charge is -2.24. The average Bonchev–Trinajstić information content (AvgIpc) is 2.58. The second-order valence-corrected chi connectivity index (χ2v) is 4.80. The molecule has 0 aliphatic carbocycles. The van der Waals surface area contributed by atoms with Gasteiger partial charge in [-0.1, -0.05) is 20.8 Å². The number of rotatable bonds is 6. The van der Waals surface area contributed by atoms with Crippen molar-refractivity contribution in [3.63, 3.8) is 0 Å². The molecule has 1 rings (SSSR count). The van der Waals surface area contributed by atoms with E-state index < -0.39 is 0 Å². The predicted octanol–water partition coefficient (Wildman–Crippen LogP) is 1.69. The Bertz CT molecular complexity index is 287. The summed E-state index contributed by atoms with van der Waals surface area (Å²) in [7, 11) is 0. The lowest BCUT2D eigenvalue weighted by Crippen LogP contribution is -2.45. The van der Waals surface area contributed by atoms with Crippen LogP contribution in [-0.2, 0) is 9.59 Å². The van der Waals surface area contributed by atoms with Crippen LogP contribution in [0.15, 0.2) is 0 Å². The maximum atomic E-state index is 12.2. The Kier molecular flexibility index (Phi) is 5.12. The molecule has 2 amide bonds. The fourth-order valence-electron chi connectivity index (χ4n) is 2.28. The lowest BCUT2D eigenvalue weighted by atomic mass is 10.1. The number of likely N-dealkylation sites (tertiary alicyclic amines) is 1. The van der Waals surface area contributed by atoms with E-state index in [2.05, 4.69) is 12.2 Å². The molecule has 0 aromatic rings. The van der Waals surface area contributed by atoms with E-state index in [0.29, 0.717) is 6.42 Å². The third-order valence-corrected chi connectivity index (χ3v) is 3.59. The largest absolute Gasteiger partial charge is 0.303 e. The van der Waals surface area contributed by atoms with Crippen molar-refractivity contribution in [2.75, 3.05) is 0 Å². The quantitative estimate of drug-likeness (QED) is 0.719. The summed E-state index contributed by atoms with van der Waals surface area (Å²) in [5.74, 6) is -0.0616. The number of nitrogens with zero attached hydrogens (tertiary/aromatic N) is 1. The molecule has 2 unspecified atom stereocenters. The van der Waals surface area contributed by atoms with E-state index in [1.807, 2.05) is 20.8 Å². The molecule has 1 fully saturated rings. The summed E-state index contributed by atoms with van der Waals surface area (Å²) in [6.45, 7) is 8.14. The zero-order chi connectivity index (χ0) is 13.0. The van der Waals surface area contributed by atoms with Gasteiger partial charge in [0.2, 0.25) is 11.8 Å². The molecule has 0 spiro atoms. The first-order valence-corrected chi connectivity index (χ1v) is 6.66. The number of amides is 2. The number of hydrogen-bond acceptors (Lipinski definition) is 3. The smallest absolute Gasteiger partial charge is 0.247 e. The fourth-order valence-corrected chi connectivity index (χ4v) is 2.28. The number of carbonyl (C=O) groups excluding carboxylic acids is 2. The highest BCUT2D eigenvalue weighted by Crippen LogP contribution is 2.20. The fraction of sp³-hybridized carbons (Fsp3) is 0.846. The minimum Gasteiger partial charge on any atom is -0.303 e. The molecule has 0 aromatic carbocycles. The van der Waals surface area contributed by atoms with Gasteiger partial charge in [-0.25, -0.2) is 0 Å². The Labute approximate surface area is 104 Å². The monoisotopic (exact) mass is 240 g/mol. The second-order valence-electron chi connectivity index (χ2n) is 4.80. The number of nitrogens with one attached hydrogen (secondary N) is 1. The van der Waals surface area contributed by atoms with Crippen LogP contribution in [-0.4, -0.2) is 34.8 Å². The highest BCUT2D eigenvalue weighted by Gasteiger charge is 2.41. The first-order valence-electron chi connectivity index (χ1n) is 6.66. The van der Waals surface area contributed by atoms with Gasteiger partial charge in [-0.05, 0) is 26.2 Å². The molecule has 1 aliphatic heterocycles. The standard InChI is InChI=1S/C13H24N2O2/c1-5-9(4)14-11-8-12(16)15(13(11)17)10(6-2)7-3/h9-11,14H,5-8H2,1-4H3. The van der Waals surface area contributed by atoms with Crippen molar-refractivity contribution in [1.82, 2.24) is 10.2 Å². The summed E-state index contributed by atoms with van der Waals surface area (Å²) in [4.78, 5) is 25.5. The molecule has 0 saturated carbocycles. The number of hydrogen-bond donors (Lipinski definition) is 1. The molecule has 2 atom stereocenters. The van der Waals surface area contributed by atoms with Gasteiger partial charge in [0.05, 0.1) is 12.5 Å². The summed E-state index contributed by atoms with van der Waals surface area (Å²) >= 11 is 0. The average molecular weight is 240 g/mol. The zero-order valence-corrected chi connectivity index (χ0v) is 11.3. The minimum absolute atomic E-state index is 0.0236. The van der Waals surface area contributed by atoms with Crippen molar-refractivity contribution in [3.8, 4) is 0 Å². The van der Waals surface area contributed by atoms with Gasteiger partial charge < -0.3 is 5.32 Å². The van der Waals surface area contributed by atoms with E-state index in [4.69, 9.17) is 0 Å². The van der Waals surface area contributed by atoms with E-state index in [1.165, 1.54) is 4.90 Å². The van der Waals surface area contributed by atoms with Gasteiger partial charge in [-0.15, -0.1) is 0 Å². The van der Waals surface area contributed by atoms with E-state index >= 15 is 0 Å². The molecule has 0 radical (unpaired) electrons. The second kappa shape index (κ2) is 6.15. The highest BCUT2D eigenvalue weighted by molar-refractivity contribution is 6.05. The number of imide groups is 1. The molecular weight excluding hydrogens is 216 g/mol. The summed E-state index contributed by atoms with van der Waals surface area (Å²) in [6, 6.07) is 0.0372. The third kappa shape index (κ3) is 3.06. The van der Waals surface area contributed by atoms with E-state index in [0.717, 1.165) is 19.3 Å². The van der Waals surface area contributed by atoms with Gasteiger partial charge in [0.1, 0.15) is 0 Å². The van der Waals surface area contributed by atoms with Gasteiger partial charge >= 0.3 is 0 Å². The van der Waals surface area contributed by atoms with E-state index in [1.54, 1.807) is 0 Å². The Balaban J connectivity index is 2.71. The van der Waals surface area contributed by atoms with Gasteiger partial charge in [0, 0.05) is 12.1 Å². The Morgan fingerprint density at radius 2 is 1.82 bits per heavy atom. The summed E-state index contributed by atoms with van der Waals surface area (Å²) in [6.07, 6.45) is 2.96. The number of carbonyl (C=O) groups is 2. The molecule has 4 nitrogen and oxygen atoms in total. The van der Waals surface area contributed by atoms with E-state index in [9.17, 15) is 9.59 Å². The maximum absolute atomic E-state index is 12.2. The Morgan fingerprint density at radius 3 is 2.29 bits per heavy atom. The van der Waals surface area contributed by atoms with E-state index in [-0.39, 0.29) is 29.9 Å². The molecule has 0 aromatic heterocycles. The van der Waals surface area contributed by atoms with Crippen molar-refractivity contribution in [1.29, 1.82) is 0 Å². The lowest BCUT2D eigenvalue weighted by molar-refractivity contribution is -0.141. The third-order valence-electron chi connectivity index (χ3n) is 3.59. The van der Waals surface area contributed by atoms with Crippen LogP contribution in [0.25, 0.3) is 0 Å². The molecule has 1 saturated heterocycles. The molecule has 4 heteroatoms. The van der Waals surface area contributed by atoms with Crippen LogP contribution in [0.5, 0.6) is 0 Å². The van der Waals surface area contributed by atoms with Crippen molar-refractivity contribution < 1.29 is 9.59 Å². The molecule has 1 N–H and O–H groups in total. The molecule has 1 heterocycles. The van der Waals surface area contributed by atoms with Gasteiger partial charge in [-0.2, -0.15) is 0 Å². The van der Waals surface area contributed by atoms with Crippen LogP contribution < -0.4 is 5.32 Å². The minimum atomic E-state index is -0.307. The molecular formula is C13H24N2O2. The maximum Gasteiger partial charge on any atom is 0.247 e. The van der Waals surface area contributed by atoms with Crippen LogP contribution in [0.4, 0.5) is 0 Å². The van der Waals surface area contributed by atoms with Gasteiger partial charge in [-0.3, -0.25) is 14.5 Å². The van der Waals surface area contributed by atoms with Crippen LogP contribution in [0, 0.1) is 0 Å². The van der Waals surface area contributed by atoms with Crippen molar-refractivity contribution in [2.24, 2.45) is 0 Å².